The Labute approximate surface area is 163 Å². The molecule has 0 heterocycles. The summed E-state index contributed by atoms with van der Waals surface area (Å²) in [4.78, 5) is 12.4. The van der Waals surface area contributed by atoms with E-state index in [4.69, 9.17) is 0 Å². The third kappa shape index (κ3) is 4.37. The Morgan fingerprint density at radius 3 is 2.39 bits per heavy atom. The molecule has 0 fully saturated rings. The first kappa shape index (κ1) is 19.6. The van der Waals surface area contributed by atoms with Gasteiger partial charge in [0.25, 0.3) is 15.9 Å². The molecule has 0 aliphatic heterocycles. The van der Waals surface area contributed by atoms with Gasteiger partial charge in [-0.2, -0.15) is 0 Å². The van der Waals surface area contributed by atoms with Crippen LogP contribution in [0.4, 0.5) is 10.1 Å². The second-order valence-corrected chi connectivity index (χ2v) is 8.12. The molecule has 7 heteroatoms. The maximum atomic E-state index is 13.2. The molecule has 144 valence electrons. The topological polar surface area (TPSA) is 66.5 Å². The normalized spacial score (nSPS) is 11.1. The predicted molar refractivity (Wildman–Crippen MR) is 106 cm³/mol. The minimum absolute atomic E-state index is 0.0114. The number of hydrogen-bond donors (Lipinski definition) is 1. The first-order valence-corrected chi connectivity index (χ1v) is 9.98. The highest BCUT2D eigenvalue weighted by Gasteiger charge is 2.22. The van der Waals surface area contributed by atoms with Gasteiger partial charge >= 0.3 is 0 Å². The van der Waals surface area contributed by atoms with Crippen LogP contribution in [0.5, 0.6) is 0 Å². The van der Waals surface area contributed by atoms with Crippen LogP contribution >= 0.6 is 0 Å². The van der Waals surface area contributed by atoms with Crippen LogP contribution in [-0.2, 0) is 16.6 Å². The van der Waals surface area contributed by atoms with Crippen LogP contribution < -0.4 is 9.62 Å². The molecule has 3 aromatic carbocycles. The molecule has 0 aliphatic rings. The van der Waals surface area contributed by atoms with Gasteiger partial charge in [0.15, 0.2) is 0 Å². The minimum atomic E-state index is -3.82. The van der Waals surface area contributed by atoms with Gasteiger partial charge in [0.1, 0.15) is 5.82 Å². The van der Waals surface area contributed by atoms with Crippen LogP contribution in [0.15, 0.2) is 83.8 Å². The molecule has 0 radical (unpaired) electrons. The van der Waals surface area contributed by atoms with E-state index in [1.807, 2.05) is 0 Å². The van der Waals surface area contributed by atoms with Gasteiger partial charge in [-0.3, -0.25) is 9.10 Å². The van der Waals surface area contributed by atoms with E-state index in [2.05, 4.69) is 5.32 Å². The van der Waals surface area contributed by atoms with E-state index >= 15 is 0 Å². The van der Waals surface area contributed by atoms with Crippen LogP contribution in [0, 0.1) is 5.82 Å². The molecule has 5 nitrogen and oxygen atoms in total. The molecular weight excluding hydrogens is 379 g/mol. The fourth-order valence-electron chi connectivity index (χ4n) is 2.66. The van der Waals surface area contributed by atoms with Crippen molar-refractivity contribution < 1.29 is 17.6 Å². The lowest BCUT2D eigenvalue weighted by Crippen LogP contribution is -2.27. The molecule has 0 bridgehead atoms. The van der Waals surface area contributed by atoms with Crippen molar-refractivity contribution >= 4 is 21.6 Å². The van der Waals surface area contributed by atoms with Crippen LogP contribution in [0.2, 0.25) is 0 Å². The highest BCUT2D eigenvalue weighted by molar-refractivity contribution is 7.92. The zero-order chi connectivity index (χ0) is 20.1. The zero-order valence-corrected chi connectivity index (χ0v) is 16.0. The van der Waals surface area contributed by atoms with Gasteiger partial charge in [0, 0.05) is 19.2 Å². The Bertz CT molecular complexity index is 1090. The fraction of sp³-hybridized carbons (Fsp3) is 0.0952. The third-order valence-corrected chi connectivity index (χ3v) is 6.00. The van der Waals surface area contributed by atoms with Gasteiger partial charge < -0.3 is 5.32 Å². The third-order valence-electron chi connectivity index (χ3n) is 4.22. The summed E-state index contributed by atoms with van der Waals surface area (Å²) in [6.07, 6.45) is 0. The lowest BCUT2D eigenvalue weighted by molar-refractivity contribution is 0.0950. The van der Waals surface area contributed by atoms with E-state index in [9.17, 15) is 17.6 Å². The van der Waals surface area contributed by atoms with E-state index in [0.29, 0.717) is 11.3 Å². The molecule has 0 saturated carbocycles. The highest BCUT2D eigenvalue weighted by atomic mass is 32.2. The van der Waals surface area contributed by atoms with Crippen molar-refractivity contribution in [2.24, 2.45) is 0 Å². The Morgan fingerprint density at radius 2 is 1.68 bits per heavy atom. The van der Waals surface area contributed by atoms with Crippen molar-refractivity contribution in [2.45, 2.75) is 11.4 Å². The molecule has 1 amide bonds. The highest BCUT2D eigenvalue weighted by Crippen LogP contribution is 2.22. The zero-order valence-electron chi connectivity index (χ0n) is 15.2. The van der Waals surface area contributed by atoms with Crippen LogP contribution in [-0.4, -0.2) is 21.4 Å². The first-order valence-electron chi connectivity index (χ1n) is 8.54. The SMILES string of the molecule is CN(c1ccccc1)S(=O)(=O)c1cccc(C(=O)NCc2cccc(F)c2)c1. The summed E-state index contributed by atoms with van der Waals surface area (Å²) in [6.45, 7) is 0.136. The van der Waals surface area contributed by atoms with E-state index in [0.717, 1.165) is 4.31 Å². The summed E-state index contributed by atoms with van der Waals surface area (Å²) in [5.41, 5.74) is 1.34. The van der Waals surface area contributed by atoms with Gasteiger partial charge in [0.05, 0.1) is 10.6 Å². The fourth-order valence-corrected chi connectivity index (χ4v) is 3.91. The smallest absolute Gasteiger partial charge is 0.264 e. The number of hydrogen-bond acceptors (Lipinski definition) is 3. The molecule has 0 aromatic heterocycles. The van der Waals surface area contributed by atoms with Crippen molar-refractivity contribution in [3.05, 3.63) is 95.8 Å². The van der Waals surface area contributed by atoms with Crippen molar-refractivity contribution in [3.8, 4) is 0 Å². The number of rotatable bonds is 6. The number of carbonyl (C=O) groups is 1. The molecular formula is C21H19FN2O3S. The second kappa shape index (κ2) is 8.22. The summed E-state index contributed by atoms with van der Waals surface area (Å²) < 4.78 is 40.1. The molecule has 3 aromatic rings. The largest absolute Gasteiger partial charge is 0.348 e. The van der Waals surface area contributed by atoms with E-state index in [-0.39, 0.29) is 22.8 Å². The number of halogens is 1. The Kier molecular flexibility index (Phi) is 5.75. The number of carbonyl (C=O) groups excluding carboxylic acids is 1. The van der Waals surface area contributed by atoms with Crippen molar-refractivity contribution in [2.75, 3.05) is 11.4 Å². The average Bonchev–Trinajstić information content (AvgIpc) is 2.72. The van der Waals surface area contributed by atoms with Gasteiger partial charge in [0.2, 0.25) is 0 Å². The summed E-state index contributed by atoms with van der Waals surface area (Å²) in [6, 6.07) is 20.4. The number of anilines is 1. The summed E-state index contributed by atoms with van der Waals surface area (Å²) in [5, 5.41) is 2.67. The number of nitrogens with one attached hydrogen (secondary N) is 1. The molecule has 3 rings (SSSR count). The summed E-state index contributed by atoms with van der Waals surface area (Å²) in [7, 11) is -2.36. The molecule has 28 heavy (non-hydrogen) atoms. The average molecular weight is 398 g/mol. The maximum absolute atomic E-state index is 13.2. The Hall–Kier alpha value is -3.19. The van der Waals surface area contributed by atoms with Crippen molar-refractivity contribution in [1.82, 2.24) is 5.32 Å². The predicted octanol–water partition coefficient (Wildman–Crippen LogP) is 3.58. The maximum Gasteiger partial charge on any atom is 0.264 e. The molecule has 0 saturated heterocycles. The number of sulfonamides is 1. The summed E-state index contributed by atoms with van der Waals surface area (Å²) in [5.74, 6) is -0.826. The molecule has 0 unspecified atom stereocenters. The van der Waals surface area contributed by atoms with Crippen molar-refractivity contribution in [3.63, 3.8) is 0 Å². The second-order valence-electron chi connectivity index (χ2n) is 6.15. The first-order chi connectivity index (χ1) is 13.4. The molecule has 0 spiro atoms. The van der Waals surface area contributed by atoms with E-state index in [1.165, 1.54) is 43.4 Å². The number of para-hydroxylation sites is 1. The number of amides is 1. The molecule has 0 aliphatic carbocycles. The Balaban J connectivity index is 1.78. The van der Waals surface area contributed by atoms with E-state index in [1.54, 1.807) is 42.5 Å². The van der Waals surface area contributed by atoms with Gasteiger partial charge in [-0.05, 0) is 48.0 Å². The van der Waals surface area contributed by atoms with E-state index < -0.39 is 15.9 Å². The number of benzene rings is 3. The molecule has 1 N–H and O–H groups in total. The summed E-state index contributed by atoms with van der Waals surface area (Å²) >= 11 is 0. The lowest BCUT2D eigenvalue weighted by atomic mass is 10.2. The van der Waals surface area contributed by atoms with Gasteiger partial charge in [-0.1, -0.05) is 36.4 Å². The monoisotopic (exact) mass is 398 g/mol. The van der Waals surface area contributed by atoms with Crippen LogP contribution in [0.3, 0.4) is 0 Å². The van der Waals surface area contributed by atoms with Crippen LogP contribution in [0.1, 0.15) is 15.9 Å². The number of nitrogens with zero attached hydrogens (tertiary/aromatic N) is 1. The van der Waals surface area contributed by atoms with Gasteiger partial charge in [-0.15, -0.1) is 0 Å². The molecule has 0 atom stereocenters. The van der Waals surface area contributed by atoms with Gasteiger partial charge in [-0.25, -0.2) is 12.8 Å². The lowest BCUT2D eigenvalue weighted by Gasteiger charge is -2.19. The van der Waals surface area contributed by atoms with Crippen LogP contribution in [0.25, 0.3) is 0 Å². The minimum Gasteiger partial charge on any atom is -0.348 e. The Morgan fingerprint density at radius 1 is 0.964 bits per heavy atom. The quantitative estimate of drug-likeness (QED) is 0.690. The standard InChI is InChI=1S/C21H19FN2O3S/c1-24(19-10-3-2-4-11-19)28(26,27)20-12-6-8-17(14-20)21(25)23-15-16-7-5-9-18(22)13-16/h2-14H,15H2,1H3,(H,23,25). The van der Waals surface area contributed by atoms with Crippen molar-refractivity contribution in [1.29, 1.82) is 0 Å².